The summed E-state index contributed by atoms with van der Waals surface area (Å²) < 4.78 is 37.3. The smallest absolute Gasteiger partial charge is 0.255 e. The van der Waals surface area contributed by atoms with Crippen molar-refractivity contribution < 1.29 is 22.7 Å². The lowest BCUT2D eigenvalue weighted by Gasteiger charge is -2.11. The molecule has 130 valence electrons. The van der Waals surface area contributed by atoms with Crippen molar-refractivity contribution in [3.8, 4) is 5.75 Å². The van der Waals surface area contributed by atoms with E-state index in [1.807, 2.05) is 6.92 Å². The first-order valence-corrected chi connectivity index (χ1v) is 8.98. The summed E-state index contributed by atoms with van der Waals surface area (Å²) in [5, 5.41) is 2.63. The molecule has 0 aliphatic rings. The van der Waals surface area contributed by atoms with E-state index in [2.05, 4.69) is 10.0 Å². The SMILES string of the molecule is CCNC(=O)c1cc(S(=O)(=O)NCCCOCC)ccc1OC. The Labute approximate surface area is 137 Å². The quantitative estimate of drug-likeness (QED) is 0.621. The molecule has 1 amide bonds. The maximum absolute atomic E-state index is 12.3. The van der Waals surface area contributed by atoms with Gasteiger partial charge in [-0.05, 0) is 38.5 Å². The summed E-state index contributed by atoms with van der Waals surface area (Å²) in [5.41, 5.74) is 0.187. The molecule has 0 bridgehead atoms. The number of carbonyl (C=O) groups excluding carboxylic acids is 1. The van der Waals surface area contributed by atoms with Gasteiger partial charge in [0, 0.05) is 26.3 Å². The predicted octanol–water partition coefficient (Wildman–Crippen LogP) is 1.15. The summed E-state index contributed by atoms with van der Waals surface area (Å²) in [6, 6.07) is 4.19. The number of hydrogen-bond acceptors (Lipinski definition) is 5. The standard InChI is InChI=1S/C15H24N2O5S/c1-4-16-15(18)13-11-12(7-8-14(13)21-3)23(19,20)17-9-6-10-22-5-2/h7-8,11,17H,4-6,9-10H2,1-3H3,(H,16,18). The van der Waals surface area contributed by atoms with Gasteiger partial charge in [-0.3, -0.25) is 4.79 Å². The van der Waals surface area contributed by atoms with Gasteiger partial charge in [-0.1, -0.05) is 0 Å². The highest BCUT2D eigenvalue weighted by Gasteiger charge is 2.19. The summed E-state index contributed by atoms with van der Waals surface area (Å²) in [6.45, 7) is 5.46. The van der Waals surface area contributed by atoms with Crippen LogP contribution in [-0.4, -0.2) is 47.7 Å². The van der Waals surface area contributed by atoms with Crippen LogP contribution in [0.4, 0.5) is 0 Å². The first-order chi connectivity index (χ1) is 11.0. The van der Waals surface area contributed by atoms with Gasteiger partial charge in [-0.2, -0.15) is 0 Å². The van der Waals surface area contributed by atoms with Gasteiger partial charge in [0.15, 0.2) is 0 Å². The lowest BCUT2D eigenvalue weighted by molar-refractivity contribution is 0.0952. The summed E-state index contributed by atoms with van der Waals surface area (Å²) in [7, 11) is -2.26. The summed E-state index contributed by atoms with van der Waals surface area (Å²) >= 11 is 0. The number of ether oxygens (including phenoxy) is 2. The number of sulfonamides is 1. The van der Waals surface area contributed by atoms with Crippen molar-refractivity contribution in [2.24, 2.45) is 0 Å². The van der Waals surface area contributed by atoms with Crippen LogP contribution in [0.15, 0.2) is 23.1 Å². The zero-order chi connectivity index (χ0) is 17.3. The van der Waals surface area contributed by atoms with Crippen molar-refractivity contribution >= 4 is 15.9 Å². The summed E-state index contributed by atoms with van der Waals surface area (Å²) in [4.78, 5) is 12.0. The molecule has 1 rings (SSSR count). The van der Waals surface area contributed by atoms with Crippen LogP contribution in [0, 0.1) is 0 Å². The average molecular weight is 344 g/mol. The first kappa shape index (κ1) is 19.4. The fourth-order valence-corrected chi connectivity index (χ4v) is 3.00. The maximum Gasteiger partial charge on any atom is 0.255 e. The molecule has 0 saturated heterocycles. The third-order valence-corrected chi connectivity index (χ3v) is 4.48. The summed E-state index contributed by atoms with van der Waals surface area (Å²) in [6.07, 6.45) is 0.576. The zero-order valence-electron chi connectivity index (χ0n) is 13.7. The number of carbonyl (C=O) groups is 1. The predicted molar refractivity (Wildman–Crippen MR) is 87.3 cm³/mol. The maximum atomic E-state index is 12.3. The molecule has 0 aliphatic carbocycles. The largest absolute Gasteiger partial charge is 0.496 e. The summed E-state index contributed by atoms with van der Waals surface area (Å²) in [5.74, 6) is -0.0519. The van der Waals surface area contributed by atoms with E-state index in [0.717, 1.165) is 0 Å². The number of benzene rings is 1. The Hall–Kier alpha value is -1.64. The van der Waals surface area contributed by atoms with E-state index in [-0.39, 0.29) is 22.9 Å². The van der Waals surface area contributed by atoms with Crippen molar-refractivity contribution in [3.63, 3.8) is 0 Å². The minimum Gasteiger partial charge on any atom is -0.496 e. The third kappa shape index (κ3) is 5.81. The average Bonchev–Trinajstić information content (AvgIpc) is 2.54. The number of methoxy groups -OCH3 is 1. The van der Waals surface area contributed by atoms with Gasteiger partial charge in [-0.15, -0.1) is 0 Å². The van der Waals surface area contributed by atoms with Crippen LogP contribution in [0.25, 0.3) is 0 Å². The van der Waals surface area contributed by atoms with Gasteiger partial charge in [0.2, 0.25) is 10.0 Å². The Morgan fingerprint density at radius 3 is 2.61 bits per heavy atom. The molecule has 8 heteroatoms. The number of rotatable bonds is 10. The minimum absolute atomic E-state index is 0.0240. The second-order valence-electron chi connectivity index (χ2n) is 4.67. The van der Waals surface area contributed by atoms with Gasteiger partial charge in [-0.25, -0.2) is 13.1 Å². The van der Waals surface area contributed by atoms with Crippen molar-refractivity contribution in [3.05, 3.63) is 23.8 Å². The zero-order valence-corrected chi connectivity index (χ0v) is 14.5. The van der Waals surface area contributed by atoms with Crippen molar-refractivity contribution in [2.45, 2.75) is 25.2 Å². The van der Waals surface area contributed by atoms with Crippen LogP contribution in [0.3, 0.4) is 0 Å². The normalized spacial score (nSPS) is 11.3. The van der Waals surface area contributed by atoms with E-state index < -0.39 is 10.0 Å². The van der Waals surface area contributed by atoms with E-state index in [1.54, 1.807) is 6.92 Å². The Balaban J connectivity index is 2.90. The Bertz CT molecular complexity index is 616. The lowest BCUT2D eigenvalue weighted by atomic mass is 10.2. The second-order valence-corrected chi connectivity index (χ2v) is 6.44. The highest BCUT2D eigenvalue weighted by molar-refractivity contribution is 7.89. The van der Waals surface area contributed by atoms with Crippen LogP contribution in [0.2, 0.25) is 0 Å². The first-order valence-electron chi connectivity index (χ1n) is 7.49. The highest BCUT2D eigenvalue weighted by Crippen LogP contribution is 2.22. The number of nitrogens with one attached hydrogen (secondary N) is 2. The molecule has 7 nitrogen and oxygen atoms in total. The number of amides is 1. The molecule has 0 aromatic heterocycles. The fourth-order valence-electron chi connectivity index (χ4n) is 1.90. The fraction of sp³-hybridized carbons (Fsp3) is 0.533. The van der Waals surface area contributed by atoms with Gasteiger partial charge >= 0.3 is 0 Å². The Morgan fingerprint density at radius 2 is 2.00 bits per heavy atom. The number of hydrogen-bond donors (Lipinski definition) is 2. The van der Waals surface area contributed by atoms with E-state index >= 15 is 0 Å². The molecule has 0 saturated carbocycles. The topological polar surface area (TPSA) is 93.7 Å². The molecule has 0 heterocycles. The molecule has 0 aliphatic heterocycles. The molecule has 1 aromatic carbocycles. The van der Waals surface area contributed by atoms with Crippen LogP contribution in [-0.2, 0) is 14.8 Å². The van der Waals surface area contributed by atoms with Crippen molar-refractivity contribution in [2.75, 3.05) is 33.4 Å². The molecular weight excluding hydrogens is 320 g/mol. The van der Waals surface area contributed by atoms with E-state index in [9.17, 15) is 13.2 Å². The molecule has 0 fully saturated rings. The minimum atomic E-state index is -3.68. The molecule has 1 aromatic rings. The molecule has 0 unspecified atom stereocenters. The van der Waals surface area contributed by atoms with E-state index in [1.165, 1.54) is 25.3 Å². The van der Waals surface area contributed by atoms with Gasteiger partial charge in [0.05, 0.1) is 17.6 Å². The molecular formula is C15H24N2O5S. The lowest BCUT2D eigenvalue weighted by Crippen LogP contribution is -2.27. The molecule has 0 atom stereocenters. The molecule has 0 spiro atoms. The van der Waals surface area contributed by atoms with Crippen LogP contribution < -0.4 is 14.8 Å². The van der Waals surface area contributed by atoms with Gasteiger partial charge in [0.25, 0.3) is 5.91 Å². The van der Waals surface area contributed by atoms with Gasteiger partial charge < -0.3 is 14.8 Å². The highest BCUT2D eigenvalue weighted by atomic mass is 32.2. The van der Waals surface area contributed by atoms with Crippen molar-refractivity contribution in [1.29, 1.82) is 0 Å². The van der Waals surface area contributed by atoms with Crippen LogP contribution in [0.5, 0.6) is 5.75 Å². The van der Waals surface area contributed by atoms with Gasteiger partial charge in [0.1, 0.15) is 5.75 Å². The Kier molecular flexibility index (Phi) is 8.01. The van der Waals surface area contributed by atoms with Crippen LogP contribution >= 0.6 is 0 Å². The monoisotopic (exact) mass is 344 g/mol. The Morgan fingerprint density at radius 1 is 1.26 bits per heavy atom. The second kappa shape index (κ2) is 9.49. The van der Waals surface area contributed by atoms with Crippen molar-refractivity contribution in [1.82, 2.24) is 10.0 Å². The van der Waals surface area contributed by atoms with E-state index in [4.69, 9.17) is 9.47 Å². The third-order valence-electron chi connectivity index (χ3n) is 3.02. The molecule has 23 heavy (non-hydrogen) atoms. The van der Waals surface area contributed by atoms with Crippen LogP contribution in [0.1, 0.15) is 30.6 Å². The molecule has 2 N–H and O–H groups in total. The van der Waals surface area contributed by atoms with E-state index in [0.29, 0.717) is 31.9 Å². The molecule has 0 radical (unpaired) electrons.